The molecule has 0 aromatic carbocycles. The lowest BCUT2D eigenvalue weighted by Crippen LogP contribution is -2.30. The monoisotopic (exact) mass is 313 g/mol. The summed E-state index contributed by atoms with van der Waals surface area (Å²) in [5, 5.41) is 1.12. The van der Waals surface area contributed by atoms with Gasteiger partial charge in [-0.05, 0) is 24.7 Å². The van der Waals surface area contributed by atoms with E-state index in [1.807, 2.05) is 11.8 Å². The summed E-state index contributed by atoms with van der Waals surface area (Å²) in [6.45, 7) is 4.11. The molecule has 110 valence electrons. The summed E-state index contributed by atoms with van der Waals surface area (Å²) in [5.41, 5.74) is 5.60. The molecule has 4 nitrogen and oxygen atoms in total. The largest absolute Gasteiger partial charge is 0.366 e. The van der Waals surface area contributed by atoms with Crippen LogP contribution >= 0.6 is 23.4 Å². The van der Waals surface area contributed by atoms with E-state index in [0.717, 1.165) is 31.1 Å². The Morgan fingerprint density at radius 1 is 1.60 bits per heavy atom. The van der Waals surface area contributed by atoms with Crippen molar-refractivity contribution in [2.45, 2.75) is 31.4 Å². The third-order valence-electron chi connectivity index (χ3n) is 3.44. The van der Waals surface area contributed by atoms with E-state index in [1.165, 1.54) is 19.0 Å². The number of carbonyl (C=O) groups excluding carboxylic acids is 1. The number of primary amides is 1. The first kappa shape index (κ1) is 15.4. The number of amides is 1. The van der Waals surface area contributed by atoms with Crippen LogP contribution in [0.15, 0.2) is 12.3 Å². The van der Waals surface area contributed by atoms with Crippen molar-refractivity contribution in [2.75, 3.05) is 23.7 Å². The maximum absolute atomic E-state index is 11.1. The van der Waals surface area contributed by atoms with E-state index in [1.54, 1.807) is 6.07 Å². The van der Waals surface area contributed by atoms with Crippen molar-refractivity contribution in [3.63, 3.8) is 0 Å². The zero-order valence-corrected chi connectivity index (χ0v) is 13.2. The summed E-state index contributed by atoms with van der Waals surface area (Å²) in [5.74, 6) is 1.39. The minimum atomic E-state index is -0.499. The molecule has 0 aliphatic carbocycles. The van der Waals surface area contributed by atoms with Gasteiger partial charge in [-0.15, -0.1) is 0 Å². The number of thioether (sulfide) groups is 1. The highest BCUT2D eigenvalue weighted by molar-refractivity contribution is 7.99. The molecule has 1 aliphatic heterocycles. The molecule has 0 bridgehead atoms. The first-order valence-electron chi connectivity index (χ1n) is 6.93. The van der Waals surface area contributed by atoms with E-state index in [0.29, 0.717) is 15.8 Å². The smallest absolute Gasteiger partial charge is 0.250 e. The molecule has 6 heteroatoms. The highest BCUT2D eigenvalue weighted by Crippen LogP contribution is 2.29. The number of hydrogen-bond donors (Lipinski definition) is 1. The molecule has 1 fully saturated rings. The van der Waals surface area contributed by atoms with E-state index in [4.69, 9.17) is 17.3 Å². The summed E-state index contributed by atoms with van der Waals surface area (Å²) < 4.78 is 0. The molecular weight excluding hydrogens is 294 g/mol. The number of anilines is 1. The van der Waals surface area contributed by atoms with Gasteiger partial charge in [0, 0.05) is 24.5 Å². The van der Waals surface area contributed by atoms with Crippen LogP contribution in [0.3, 0.4) is 0 Å². The first-order valence-corrected chi connectivity index (χ1v) is 8.36. The van der Waals surface area contributed by atoms with Gasteiger partial charge in [-0.1, -0.05) is 24.9 Å². The van der Waals surface area contributed by atoms with Crippen molar-refractivity contribution in [3.05, 3.63) is 22.8 Å². The molecule has 2 heterocycles. The maximum Gasteiger partial charge on any atom is 0.250 e. The summed E-state index contributed by atoms with van der Waals surface area (Å²) >= 11 is 8.26. The van der Waals surface area contributed by atoms with Crippen LogP contribution < -0.4 is 10.6 Å². The van der Waals surface area contributed by atoms with Crippen LogP contribution in [-0.2, 0) is 0 Å². The lowest BCUT2D eigenvalue weighted by atomic mass is 10.2. The van der Waals surface area contributed by atoms with Crippen LogP contribution in [0.5, 0.6) is 0 Å². The van der Waals surface area contributed by atoms with E-state index in [2.05, 4.69) is 16.8 Å². The molecule has 0 saturated carbocycles. The van der Waals surface area contributed by atoms with Crippen molar-refractivity contribution in [3.8, 4) is 0 Å². The predicted molar refractivity (Wildman–Crippen MR) is 85.7 cm³/mol. The number of halogens is 1. The van der Waals surface area contributed by atoms with Crippen LogP contribution in [0, 0.1) is 0 Å². The second-order valence-corrected chi connectivity index (χ2v) is 6.90. The average Bonchev–Trinajstić information content (AvgIpc) is 2.64. The summed E-state index contributed by atoms with van der Waals surface area (Å²) in [6.07, 6.45) is 5.14. The van der Waals surface area contributed by atoms with Gasteiger partial charge in [0.25, 0.3) is 0 Å². The second kappa shape index (κ2) is 7.18. The molecule has 1 aromatic heterocycles. The normalized spacial score (nSPS) is 19.7. The molecule has 1 unspecified atom stereocenters. The Kier molecular flexibility index (Phi) is 5.54. The van der Waals surface area contributed by atoms with Crippen molar-refractivity contribution >= 4 is 35.1 Å². The van der Waals surface area contributed by atoms with Crippen LogP contribution in [0.1, 0.15) is 36.5 Å². The Bertz CT molecular complexity index is 483. The highest BCUT2D eigenvalue weighted by atomic mass is 35.5. The number of carbonyl (C=O) groups is 1. The Morgan fingerprint density at radius 3 is 3.05 bits per heavy atom. The molecule has 1 atom stereocenters. The van der Waals surface area contributed by atoms with Gasteiger partial charge in [0.1, 0.15) is 5.82 Å². The quantitative estimate of drug-likeness (QED) is 0.928. The van der Waals surface area contributed by atoms with Gasteiger partial charge < -0.3 is 10.6 Å². The number of hydrogen-bond acceptors (Lipinski definition) is 4. The zero-order chi connectivity index (χ0) is 14.5. The Hall–Kier alpha value is -0.940. The predicted octanol–water partition coefficient (Wildman–Crippen LogP) is 2.95. The second-order valence-electron chi connectivity index (χ2n) is 4.91. The van der Waals surface area contributed by atoms with Crippen LogP contribution in [0.25, 0.3) is 0 Å². The average molecular weight is 314 g/mol. The molecule has 2 N–H and O–H groups in total. The summed E-state index contributed by atoms with van der Waals surface area (Å²) in [4.78, 5) is 17.7. The number of pyridine rings is 1. The van der Waals surface area contributed by atoms with Crippen molar-refractivity contribution in [1.82, 2.24) is 4.98 Å². The zero-order valence-electron chi connectivity index (χ0n) is 11.6. The van der Waals surface area contributed by atoms with Crippen molar-refractivity contribution < 1.29 is 4.79 Å². The van der Waals surface area contributed by atoms with Gasteiger partial charge in [-0.25, -0.2) is 4.98 Å². The molecule has 2 rings (SSSR count). The lowest BCUT2D eigenvalue weighted by Gasteiger charge is -2.26. The highest BCUT2D eigenvalue weighted by Gasteiger charge is 2.21. The van der Waals surface area contributed by atoms with Crippen LogP contribution in [0.2, 0.25) is 5.02 Å². The third kappa shape index (κ3) is 3.79. The van der Waals surface area contributed by atoms with Crippen LogP contribution in [0.4, 0.5) is 5.82 Å². The number of nitrogens with two attached hydrogens (primary N) is 1. The van der Waals surface area contributed by atoms with Gasteiger partial charge >= 0.3 is 0 Å². The molecule has 0 spiro atoms. The van der Waals surface area contributed by atoms with Crippen LogP contribution in [-0.4, -0.2) is 35.0 Å². The lowest BCUT2D eigenvalue weighted by molar-refractivity contribution is 0.1000. The molecule has 1 aliphatic rings. The van der Waals surface area contributed by atoms with Gasteiger partial charge in [0.15, 0.2) is 0 Å². The maximum atomic E-state index is 11.1. The number of aromatic nitrogens is 1. The Balaban J connectivity index is 2.18. The van der Waals surface area contributed by atoms with Crippen molar-refractivity contribution in [2.24, 2.45) is 5.73 Å². The fraction of sp³-hybridized carbons (Fsp3) is 0.571. The Morgan fingerprint density at radius 2 is 2.40 bits per heavy atom. The standard InChI is InChI=1S/C14H20ClN3OS/c1-2-20-11-5-3-4-6-18(9-11)14-12(15)7-10(8-17-14)13(16)19/h7-8,11H,2-6,9H2,1H3,(H2,16,19). The number of nitrogens with zero attached hydrogens (tertiary/aromatic N) is 2. The van der Waals surface area contributed by atoms with E-state index in [-0.39, 0.29) is 0 Å². The summed E-state index contributed by atoms with van der Waals surface area (Å²) in [7, 11) is 0. The molecule has 1 amide bonds. The van der Waals surface area contributed by atoms with Gasteiger partial charge in [-0.3, -0.25) is 4.79 Å². The first-order chi connectivity index (χ1) is 9.61. The van der Waals surface area contributed by atoms with Gasteiger partial charge in [-0.2, -0.15) is 11.8 Å². The van der Waals surface area contributed by atoms with Crippen molar-refractivity contribution in [1.29, 1.82) is 0 Å². The topological polar surface area (TPSA) is 59.2 Å². The Labute approximate surface area is 129 Å². The fourth-order valence-corrected chi connectivity index (χ4v) is 3.84. The molecule has 1 aromatic rings. The molecule has 0 radical (unpaired) electrons. The van der Waals surface area contributed by atoms with E-state index < -0.39 is 5.91 Å². The number of rotatable bonds is 4. The third-order valence-corrected chi connectivity index (χ3v) is 4.90. The summed E-state index contributed by atoms with van der Waals surface area (Å²) in [6, 6.07) is 1.61. The molecule has 1 saturated heterocycles. The van der Waals surface area contributed by atoms with E-state index >= 15 is 0 Å². The fourth-order valence-electron chi connectivity index (χ4n) is 2.47. The van der Waals surface area contributed by atoms with Gasteiger partial charge in [0.05, 0.1) is 10.6 Å². The SMILES string of the molecule is CCSC1CCCCN(c2ncc(C(N)=O)cc2Cl)C1. The molecule has 20 heavy (non-hydrogen) atoms. The minimum Gasteiger partial charge on any atom is -0.366 e. The van der Waals surface area contributed by atoms with E-state index in [9.17, 15) is 4.79 Å². The minimum absolute atomic E-state index is 0.355. The molecular formula is C14H20ClN3OS. The van der Waals surface area contributed by atoms with Gasteiger partial charge in [0.2, 0.25) is 5.91 Å².